The summed E-state index contributed by atoms with van der Waals surface area (Å²) in [7, 11) is -4.74. The van der Waals surface area contributed by atoms with Crippen LogP contribution in [0.15, 0.2) is 194 Å². The van der Waals surface area contributed by atoms with Crippen LogP contribution in [0, 0.1) is 0 Å². The van der Waals surface area contributed by atoms with Gasteiger partial charge in [0.1, 0.15) is 0 Å². The van der Waals surface area contributed by atoms with Gasteiger partial charge in [0, 0.05) is 21.9 Å². The Morgan fingerprint density at radius 3 is 1.50 bits per heavy atom. The minimum Gasteiger partial charge on any atom is -0.278 e. The van der Waals surface area contributed by atoms with E-state index in [-0.39, 0.29) is 20.7 Å². The molecule has 2 aromatic heterocycles. The van der Waals surface area contributed by atoms with E-state index >= 15 is 0 Å². The molecule has 0 amide bonds. The summed E-state index contributed by atoms with van der Waals surface area (Å²) in [6, 6.07) is -1.37. The second kappa shape index (κ2) is 12.5. The average Bonchev–Trinajstić information content (AvgIpc) is 3.74. The van der Waals surface area contributed by atoms with Crippen molar-refractivity contribution in [3.8, 4) is 28.7 Å². The van der Waals surface area contributed by atoms with Gasteiger partial charge in [-0.1, -0.05) is 182 Å². The zero-order valence-corrected chi connectivity index (χ0v) is 26.6. The third kappa shape index (κ3) is 4.95. The van der Waals surface area contributed by atoms with Crippen LogP contribution in [0.1, 0.15) is 30.2 Å². The Bertz CT molecular complexity index is 3680. The molecule has 5 heteroatoms. The van der Waals surface area contributed by atoms with E-state index in [1.54, 1.807) is 60.7 Å². The van der Waals surface area contributed by atoms with E-state index in [9.17, 15) is 8.22 Å². The quantitative estimate of drug-likeness (QED) is 0.128. The highest BCUT2D eigenvalue weighted by molar-refractivity contribution is 7.19. The summed E-state index contributed by atoms with van der Waals surface area (Å²) in [6.07, 6.45) is 0. The maximum atomic E-state index is 10.2. The maximum absolute atomic E-state index is 10.2. The predicted octanol–water partition coefficient (Wildman–Crippen LogP) is 7.68. The van der Waals surface area contributed by atoms with Crippen LogP contribution in [-0.2, 0) is 0 Å². The van der Waals surface area contributed by atoms with Crippen molar-refractivity contribution < 1.29 is 30.2 Å². The number of benzene rings is 7. The SMILES string of the molecule is [2H]c1c([2H])c([2H])c(-c2nc(-c3c([2H])c([2H])c([2H])c([Si](c4ccccc4)(c4ccccc4)c4c([2H])c([2H])c([2H])c([2H])c4[2H])c3[2H])nc(-n3c4c([2H])c([2H])c([2H])c([2H])c4c4c([2H])c([2H])c([2H])c([2H])c43)n2)c([2H])c1[2H]. The van der Waals surface area contributed by atoms with Gasteiger partial charge in [0.15, 0.2) is 19.7 Å². The summed E-state index contributed by atoms with van der Waals surface area (Å²) >= 11 is 0. The largest absolute Gasteiger partial charge is 0.278 e. The maximum Gasteiger partial charge on any atom is 0.238 e. The van der Waals surface area contributed by atoms with Crippen molar-refractivity contribution in [2.75, 3.05) is 0 Å². The van der Waals surface area contributed by atoms with Gasteiger partial charge in [-0.15, -0.1) is 0 Å². The zero-order valence-electron chi connectivity index (χ0n) is 47.6. The van der Waals surface area contributed by atoms with E-state index in [2.05, 4.69) is 15.0 Å². The molecule has 4 nitrogen and oxygen atoms in total. The van der Waals surface area contributed by atoms with E-state index in [1.807, 2.05) is 0 Å². The van der Waals surface area contributed by atoms with Gasteiger partial charge in [-0.3, -0.25) is 4.57 Å². The molecule has 0 radical (unpaired) electrons. The van der Waals surface area contributed by atoms with Crippen LogP contribution in [0.5, 0.6) is 0 Å². The first-order valence-corrected chi connectivity index (χ1v) is 17.1. The summed E-state index contributed by atoms with van der Waals surface area (Å²) in [5.41, 5.74) is -2.39. The third-order valence-electron chi connectivity index (χ3n) is 8.09. The summed E-state index contributed by atoms with van der Waals surface area (Å²) in [5, 5.41) is -0.993. The number of hydrogen-bond donors (Lipinski definition) is 0. The Labute approximate surface area is 323 Å². The first-order valence-electron chi connectivity index (χ1n) is 26.1. The monoisotopic (exact) mass is 678 g/mol. The Hall–Kier alpha value is -6.43. The first kappa shape index (κ1) is 14.6. The van der Waals surface area contributed by atoms with Crippen LogP contribution >= 0.6 is 0 Å². The standard InChI is InChI=1S/C45H32N4Si/c1-5-18-33(19-6-1)43-46-44(48-45(47-43)49-41-30-15-13-28-39(41)40-29-14-16-31-42(40)49)34-20-17-27-38(32-34)50(35-21-7-2-8-22-35,36-23-9-3-10-24-36)37-25-11-4-12-26-37/h1-32H/i1D,2D,5D,6D,7D,8D,13D,14D,15D,16D,17D,18D,19D,20D,21D,22D,27D,28D,29D,30D,31D,32D. The first-order chi connectivity index (χ1) is 33.9. The van der Waals surface area contributed by atoms with Crippen molar-refractivity contribution in [1.82, 2.24) is 19.5 Å². The van der Waals surface area contributed by atoms with Crippen LogP contribution in [0.4, 0.5) is 0 Å². The summed E-state index contributed by atoms with van der Waals surface area (Å²) in [4.78, 5) is 13.6. The number of rotatable bonds is 7. The molecule has 0 N–H and O–H groups in total. The van der Waals surface area contributed by atoms with E-state index < -0.39 is 192 Å². The second-order valence-corrected chi connectivity index (χ2v) is 14.5. The fourth-order valence-corrected chi connectivity index (χ4v) is 10.2. The van der Waals surface area contributed by atoms with Gasteiger partial charge in [0.25, 0.3) is 0 Å². The van der Waals surface area contributed by atoms with Crippen LogP contribution in [-0.4, -0.2) is 27.6 Å². The van der Waals surface area contributed by atoms with Gasteiger partial charge in [0.05, 0.1) is 41.2 Å². The molecule has 0 fully saturated rings. The predicted molar refractivity (Wildman–Crippen MR) is 209 cm³/mol. The number of para-hydroxylation sites is 2. The molecule has 50 heavy (non-hydrogen) atoms. The topological polar surface area (TPSA) is 43.6 Å². The molecule has 236 valence electrons. The van der Waals surface area contributed by atoms with Crippen LogP contribution in [0.25, 0.3) is 50.5 Å². The van der Waals surface area contributed by atoms with E-state index in [4.69, 9.17) is 21.9 Å². The second-order valence-electron chi connectivity index (χ2n) is 10.8. The van der Waals surface area contributed by atoms with Crippen molar-refractivity contribution in [3.05, 3.63) is 194 Å². The van der Waals surface area contributed by atoms with E-state index in [0.717, 1.165) is 4.57 Å². The van der Waals surface area contributed by atoms with Crippen molar-refractivity contribution >= 4 is 50.6 Å². The molecule has 0 bridgehead atoms. The fourth-order valence-electron chi connectivity index (χ4n) is 6.00. The van der Waals surface area contributed by atoms with Gasteiger partial charge in [0.2, 0.25) is 5.95 Å². The highest BCUT2D eigenvalue weighted by atomic mass is 28.3. The lowest BCUT2D eigenvalue weighted by Crippen LogP contribution is -2.74. The normalized spacial score (nSPS) is 17.8. The minimum absolute atomic E-state index is 0.268. The molecule has 0 spiro atoms. The van der Waals surface area contributed by atoms with Crippen LogP contribution in [0.2, 0.25) is 0 Å². The molecular formula is C45H32N4Si. The number of nitrogens with zero attached hydrogens (tertiary/aromatic N) is 4. The van der Waals surface area contributed by atoms with E-state index in [0.29, 0.717) is 0 Å². The average molecular weight is 679 g/mol. The Kier molecular flexibility index (Phi) is 3.66. The molecule has 0 unspecified atom stereocenters. The van der Waals surface area contributed by atoms with Gasteiger partial charge >= 0.3 is 0 Å². The number of hydrogen-bond acceptors (Lipinski definition) is 3. The zero-order chi connectivity index (χ0) is 52.5. The van der Waals surface area contributed by atoms with Crippen LogP contribution in [0.3, 0.4) is 0 Å². The van der Waals surface area contributed by atoms with Crippen molar-refractivity contribution in [2.45, 2.75) is 0 Å². The van der Waals surface area contributed by atoms with Gasteiger partial charge in [-0.2, -0.15) is 9.97 Å². The Morgan fingerprint density at radius 1 is 0.420 bits per heavy atom. The molecule has 2 heterocycles. The summed E-state index contributed by atoms with van der Waals surface area (Å²) in [5.74, 6) is -2.34. The molecule has 7 aromatic carbocycles. The number of fused-ring (bicyclic) bond motifs is 3. The molecule has 9 aromatic rings. The molecule has 0 aliphatic heterocycles. The smallest absolute Gasteiger partial charge is 0.238 e. The fraction of sp³-hybridized carbons (Fsp3) is 0. The molecule has 9 rings (SSSR count). The Morgan fingerprint density at radius 2 is 0.900 bits per heavy atom. The lowest BCUT2D eigenvalue weighted by molar-refractivity contribution is 0.953. The molecule has 0 aliphatic carbocycles. The van der Waals surface area contributed by atoms with Crippen molar-refractivity contribution in [3.63, 3.8) is 0 Å². The van der Waals surface area contributed by atoms with Crippen molar-refractivity contribution in [2.24, 2.45) is 0 Å². The molecule has 0 aliphatic rings. The lowest BCUT2D eigenvalue weighted by Gasteiger charge is -2.34. The highest BCUT2D eigenvalue weighted by Crippen LogP contribution is 2.32. The molecule has 0 atom stereocenters. The van der Waals surface area contributed by atoms with Crippen molar-refractivity contribution in [1.29, 1.82) is 0 Å². The highest BCUT2D eigenvalue weighted by Gasteiger charge is 2.41. The summed E-state index contributed by atoms with van der Waals surface area (Å²) in [6.45, 7) is 0. The summed E-state index contributed by atoms with van der Waals surface area (Å²) < 4.78 is 198. The van der Waals surface area contributed by atoms with Gasteiger partial charge in [-0.25, -0.2) is 4.98 Å². The van der Waals surface area contributed by atoms with Gasteiger partial charge < -0.3 is 0 Å². The molecular weight excluding hydrogens is 625 g/mol. The minimum atomic E-state index is -4.74. The third-order valence-corrected chi connectivity index (χ3v) is 12.5. The van der Waals surface area contributed by atoms with E-state index in [1.165, 1.54) is 0 Å². The Balaban J connectivity index is 1.55. The lowest BCUT2D eigenvalue weighted by atomic mass is 10.2. The number of aromatic nitrogens is 4. The molecule has 0 saturated carbocycles. The molecule has 0 saturated heterocycles. The van der Waals surface area contributed by atoms with Crippen LogP contribution < -0.4 is 20.7 Å². The van der Waals surface area contributed by atoms with Gasteiger partial charge in [-0.05, 0) is 32.8 Å².